The highest BCUT2D eigenvalue weighted by Crippen LogP contribution is 2.41. The van der Waals surface area contributed by atoms with Crippen molar-refractivity contribution in [1.29, 1.82) is 0 Å². The summed E-state index contributed by atoms with van der Waals surface area (Å²) < 4.78 is 36.8. The smallest absolute Gasteiger partial charge is 0.188 e. The van der Waals surface area contributed by atoms with Crippen LogP contribution in [0, 0.1) is 25.7 Å². The Morgan fingerprint density at radius 1 is 0.727 bits per heavy atom. The molecule has 2 aliphatic rings. The largest absolute Gasteiger partial charge is 0.311 e. The highest BCUT2D eigenvalue weighted by Gasteiger charge is 2.52. The zero-order chi connectivity index (χ0) is 30.5. The number of ketones is 2. The number of benzene rings is 3. The Morgan fingerprint density at radius 3 is 1.73 bits per heavy atom. The number of rotatable bonds is 5. The molecule has 0 N–H and O–H groups in total. The maximum absolute atomic E-state index is 14.0. The summed E-state index contributed by atoms with van der Waals surface area (Å²) in [7, 11) is 0. The van der Waals surface area contributed by atoms with Crippen LogP contribution in [-0.4, -0.2) is 43.4 Å². The van der Waals surface area contributed by atoms with Crippen molar-refractivity contribution in [3.8, 4) is 11.1 Å². The van der Waals surface area contributed by atoms with E-state index in [2.05, 4.69) is 86.0 Å². The second-order valence-corrected chi connectivity index (χ2v) is 11.9. The molecule has 0 amide bonds. The molecular weight excluding hydrogens is 580 g/mol. The molecule has 44 heavy (non-hydrogen) atoms. The van der Waals surface area contributed by atoms with Crippen LogP contribution in [0.15, 0.2) is 84.0 Å². The molecule has 0 radical (unpaired) electrons. The van der Waals surface area contributed by atoms with Crippen LogP contribution in [0.1, 0.15) is 24.0 Å². The number of aromatic nitrogens is 3. The Hall–Kier alpha value is -4.70. The van der Waals surface area contributed by atoms with Crippen molar-refractivity contribution in [3.63, 3.8) is 0 Å². The zero-order valence-electron chi connectivity index (χ0n) is 23.9. The number of carbonyl (C=O) groups excluding carboxylic acids is 2. The molecule has 7 rings (SSSR count). The van der Waals surface area contributed by atoms with Gasteiger partial charge in [0.05, 0.1) is 11.7 Å². The Balaban J connectivity index is 1.23. The van der Waals surface area contributed by atoms with Crippen LogP contribution in [0.3, 0.4) is 0 Å². The number of hydrogen-bond acceptors (Lipinski definition) is 8. The first kappa shape index (κ1) is 28.1. The molecule has 220 valence electrons. The molecule has 0 bridgehead atoms. The highest BCUT2D eigenvalue weighted by atomic mass is 32.1. The molecule has 3 aromatic carbocycles. The molecule has 4 atom stereocenters. The molecule has 10 heteroatoms. The highest BCUT2D eigenvalue weighted by molar-refractivity contribution is 7.00. The summed E-state index contributed by atoms with van der Waals surface area (Å²) in [4.78, 5) is 36.9. The maximum atomic E-state index is 14.0. The number of nitrogens with zero attached hydrogens (tertiary/aromatic N) is 5. The van der Waals surface area contributed by atoms with Gasteiger partial charge in [0.25, 0.3) is 0 Å². The SMILES string of the molecule is Cc1ccc(N(c2ccc(C)cc2)c2ccc(-c3cnc(N=C4C(=O)C5CC(F)C(F)CC5C4=O)c4nsnc34)cc2)cc1. The van der Waals surface area contributed by atoms with E-state index in [1.165, 1.54) is 11.1 Å². The molecule has 0 saturated heterocycles. The van der Waals surface area contributed by atoms with Crippen molar-refractivity contribution in [3.05, 3.63) is 90.1 Å². The minimum atomic E-state index is -1.76. The van der Waals surface area contributed by atoms with E-state index in [0.717, 1.165) is 39.9 Å². The first-order chi connectivity index (χ1) is 21.3. The summed E-state index contributed by atoms with van der Waals surface area (Å²) in [5, 5.41) is 0. The fraction of sp³-hybridized carbons (Fsp3) is 0.235. The number of hydrogen-bond donors (Lipinski definition) is 0. The third-order valence-electron chi connectivity index (χ3n) is 8.49. The maximum Gasteiger partial charge on any atom is 0.188 e. The number of Topliss-reactive ketones (excluding diaryl/α,β-unsaturated/α-hetero) is 2. The number of alkyl halides is 2. The quantitative estimate of drug-likeness (QED) is 0.203. The van der Waals surface area contributed by atoms with Gasteiger partial charge in [-0.05, 0) is 68.7 Å². The Kier molecular flexibility index (Phi) is 7.08. The zero-order valence-corrected chi connectivity index (χ0v) is 24.8. The summed E-state index contributed by atoms with van der Waals surface area (Å²) in [6, 6.07) is 24.8. The molecule has 2 fully saturated rings. The van der Waals surface area contributed by atoms with Gasteiger partial charge in [0.1, 0.15) is 23.4 Å². The number of aryl methyl sites for hydroxylation is 2. The molecule has 2 aromatic heterocycles. The summed E-state index contributed by atoms with van der Waals surface area (Å²) in [5.41, 5.74) is 7.54. The van der Waals surface area contributed by atoms with Crippen molar-refractivity contribution >= 4 is 62.9 Å². The normalized spacial score (nSPS) is 21.5. The first-order valence-corrected chi connectivity index (χ1v) is 15.1. The molecule has 2 saturated carbocycles. The lowest BCUT2D eigenvalue weighted by molar-refractivity contribution is -0.123. The molecule has 0 aliphatic heterocycles. The van der Waals surface area contributed by atoms with Gasteiger partial charge >= 0.3 is 0 Å². The predicted octanol–water partition coefficient (Wildman–Crippen LogP) is 7.77. The van der Waals surface area contributed by atoms with Crippen molar-refractivity contribution < 1.29 is 18.4 Å². The minimum Gasteiger partial charge on any atom is -0.311 e. The van der Waals surface area contributed by atoms with Gasteiger partial charge < -0.3 is 4.90 Å². The van der Waals surface area contributed by atoms with Crippen molar-refractivity contribution in [2.75, 3.05) is 4.90 Å². The number of carbonyl (C=O) groups is 2. The van der Waals surface area contributed by atoms with Gasteiger partial charge in [0.2, 0.25) is 0 Å². The van der Waals surface area contributed by atoms with E-state index in [-0.39, 0.29) is 24.4 Å². The van der Waals surface area contributed by atoms with Crippen LogP contribution >= 0.6 is 11.7 Å². The molecule has 2 heterocycles. The third kappa shape index (κ3) is 4.89. The average Bonchev–Trinajstić information content (AvgIpc) is 3.60. The second-order valence-electron chi connectivity index (χ2n) is 11.4. The lowest BCUT2D eigenvalue weighted by atomic mass is 9.79. The number of anilines is 3. The summed E-state index contributed by atoms with van der Waals surface area (Å²) in [6.45, 7) is 4.12. The summed E-state index contributed by atoms with van der Waals surface area (Å²) in [6.07, 6.45) is -2.53. The molecule has 4 unspecified atom stereocenters. The molecule has 0 spiro atoms. The lowest BCUT2D eigenvalue weighted by Gasteiger charge is -2.27. The van der Waals surface area contributed by atoms with Crippen LogP contribution in [0.25, 0.3) is 22.2 Å². The van der Waals surface area contributed by atoms with Crippen LogP contribution in [0.5, 0.6) is 0 Å². The predicted molar refractivity (Wildman–Crippen MR) is 168 cm³/mol. The van der Waals surface area contributed by atoms with Crippen molar-refractivity contribution in [2.45, 2.75) is 39.0 Å². The Morgan fingerprint density at radius 2 is 1.20 bits per heavy atom. The first-order valence-electron chi connectivity index (χ1n) is 14.4. The molecule has 7 nitrogen and oxygen atoms in total. The van der Waals surface area contributed by atoms with E-state index in [0.29, 0.717) is 11.0 Å². The van der Waals surface area contributed by atoms with E-state index in [1.54, 1.807) is 6.20 Å². The topological polar surface area (TPSA) is 88.4 Å². The Labute approximate surface area is 256 Å². The number of aliphatic imine (C=N–C) groups is 1. The van der Waals surface area contributed by atoms with Crippen LogP contribution in [0.4, 0.5) is 31.7 Å². The van der Waals surface area contributed by atoms with E-state index in [9.17, 15) is 18.4 Å². The van der Waals surface area contributed by atoms with Crippen molar-refractivity contribution in [2.24, 2.45) is 16.8 Å². The average molecular weight is 608 g/mol. The van der Waals surface area contributed by atoms with Crippen LogP contribution in [0.2, 0.25) is 0 Å². The second kappa shape index (κ2) is 11.1. The van der Waals surface area contributed by atoms with Gasteiger partial charge in [-0.25, -0.2) is 18.8 Å². The van der Waals surface area contributed by atoms with E-state index in [4.69, 9.17) is 0 Å². The molecule has 5 aromatic rings. The van der Waals surface area contributed by atoms with Crippen molar-refractivity contribution in [1.82, 2.24) is 13.7 Å². The third-order valence-corrected chi connectivity index (χ3v) is 9.02. The van der Waals surface area contributed by atoms with Gasteiger partial charge in [0.15, 0.2) is 23.1 Å². The lowest BCUT2D eigenvalue weighted by Crippen LogP contribution is -2.35. The molecular formula is C34H27F2N5O2S. The Bertz CT molecular complexity index is 1850. The minimum absolute atomic E-state index is 0.0861. The van der Waals surface area contributed by atoms with E-state index in [1.807, 2.05) is 24.3 Å². The van der Waals surface area contributed by atoms with Crippen LogP contribution in [-0.2, 0) is 9.59 Å². The number of halogens is 2. The van der Waals surface area contributed by atoms with Gasteiger partial charge in [-0.15, -0.1) is 0 Å². The number of fused-ring (bicyclic) bond motifs is 2. The standard InChI is InChI=1S/C34H27F2N5O2S/c1-18-3-9-21(10-4-18)41(22-11-5-19(2)6-12-22)23-13-7-20(8-14-23)26-17-37-34(30-29(26)39-44-40-30)38-31-32(42)24-15-27(35)28(36)16-25(24)33(31)43/h3-14,17,24-25,27-28H,15-16H2,1-2H3. The van der Waals surface area contributed by atoms with Crippen LogP contribution < -0.4 is 4.90 Å². The van der Waals surface area contributed by atoms with Gasteiger partial charge in [-0.3, -0.25) is 9.59 Å². The molecule has 2 aliphatic carbocycles. The van der Waals surface area contributed by atoms with Gasteiger partial charge in [0, 0.05) is 40.7 Å². The fourth-order valence-electron chi connectivity index (χ4n) is 6.06. The summed E-state index contributed by atoms with van der Waals surface area (Å²) in [5.74, 6) is -2.80. The van der Waals surface area contributed by atoms with E-state index < -0.39 is 35.7 Å². The van der Waals surface area contributed by atoms with Gasteiger partial charge in [-0.2, -0.15) is 8.75 Å². The van der Waals surface area contributed by atoms with E-state index >= 15 is 0 Å². The number of pyridine rings is 1. The van der Waals surface area contributed by atoms with Gasteiger partial charge in [-0.1, -0.05) is 47.5 Å². The fourth-order valence-corrected chi connectivity index (χ4v) is 6.61. The summed E-state index contributed by atoms with van der Waals surface area (Å²) >= 11 is 0.974. The monoisotopic (exact) mass is 607 g/mol.